The molecule has 42 heavy (non-hydrogen) atoms. The zero-order valence-electron chi connectivity index (χ0n) is 23.3. The maximum absolute atomic E-state index is 12.3. The van der Waals surface area contributed by atoms with Crippen LogP contribution in [0.4, 0.5) is 0 Å². The van der Waals surface area contributed by atoms with Crippen LogP contribution in [-0.4, -0.2) is 111 Å². The highest BCUT2D eigenvalue weighted by Crippen LogP contribution is 2.30. The maximum atomic E-state index is 12.3. The van der Waals surface area contributed by atoms with Gasteiger partial charge in [0.25, 0.3) is 0 Å². The lowest BCUT2D eigenvalue weighted by atomic mass is 9.97. The number of nitrogens with zero attached hydrogens (tertiary/aromatic N) is 1. The number of carbonyl (C=O) groups is 4. The number of esters is 1. The first-order chi connectivity index (χ1) is 19.7. The van der Waals surface area contributed by atoms with Crippen LogP contribution in [0, 0.1) is 5.41 Å². The Morgan fingerprint density at radius 1 is 1.07 bits per heavy atom. The summed E-state index contributed by atoms with van der Waals surface area (Å²) in [6.45, 7) is 4.86. The second-order valence-electron chi connectivity index (χ2n) is 10.7. The highest BCUT2D eigenvalue weighted by atomic mass is 16.7. The van der Waals surface area contributed by atoms with Crippen molar-refractivity contribution < 1.29 is 63.7 Å². The van der Waals surface area contributed by atoms with Crippen molar-refractivity contribution in [1.82, 2.24) is 10.2 Å². The fourth-order valence-electron chi connectivity index (χ4n) is 3.87. The summed E-state index contributed by atoms with van der Waals surface area (Å²) in [5, 5.41) is 51.8. The third kappa shape index (κ3) is 8.39. The van der Waals surface area contributed by atoms with Gasteiger partial charge in [-0.3, -0.25) is 14.4 Å². The molecule has 1 aromatic rings. The summed E-state index contributed by atoms with van der Waals surface area (Å²) >= 11 is 0. The minimum Gasteiger partial charge on any atom is -0.493 e. The lowest BCUT2D eigenvalue weighted by molar-refractivity contribution is -0.271. The van der Waals surface area contributed by atoms with Gasteiger partial charge in [-0.25, -0.2) is 4.79 Å². The molecule has 0 aliphatic carbocycles. The van der Waals surface area contributed by atoms with Gasteiger partial charge in [0.2, 0.25) is 18.1 Å². The first kappa shape index (κ1) is 32.8. The van der Waals surface area contributed by atoms with E-state index < -0.39 is 66.1 Å². The molecular weight excluding hydrogens is 560 g/mol. The SMILES string of the molecule is CC(C)(C)C(=O)OCc1ccc(O[C@@H]2O[C@H](C(=O)O)[C@@H](O)[C@H](O)[C@H]2O)cc1OCCCNC(=O)CN1C(=O)C=CC1O. The average molecular weight is 597 g/mol. The van der Waals surface area contributed by atoms with Gasteiger partial charge in [-0.2, -0.15) is 0 Å². The van der Waals surface area contributed by atoms with Crippen molar-refractivity contribution in [2.75, 3.05) is 19.7 Å². The number of carboxylic acid groups (broad SMARTS) is 1. The Kier molecular flexibility index (Phi) is 10.9. The highest BCUT2D eigenvalue weighted by molar-refractivity contribution is 5.93. The Bertz CT molecular complexity index is 1180. The van der Waals surface area contributed by atoms with E-state index in [2.05, 4.69) is 5.32 Å². The Balaban J connectivity index is 1.64. The summed E-state index contributed by atoms with van der Waals surface area (Å²) in [7, 11) is 0. The standard InChI is InChI=1S/C27H36N2O13/c1-27(2,3)26(38)40-13-14-5-6-15(41-25-22(35)20(33)21(34)23(42-25)24(36)37)11-16(14)39-10-4-9-28-17(30)12-29-18(31)7-8-19(29)32/h5-8,11,18,20-23,25,31,33-35H,4,9-10,12-13H2,1-3H3,(H,28,30)(H,36,37)/t18?,20-,21-,22+,23-,25+/m0/s1. The molecule has 0 saturated carbocycles. The number of amides is 2. The molecule has 1 unspecified atom stereocenters. The number of hydrogen-bond acceptors (Lipinski definition) is 12. The smallest absolute Gasteiger partial charge is 0.335 e. The van der Waals surface area contributed by atoms with E-state index >= 15 is 0 Å². The Morgan fingerprint density at radius 3 is 2.40 bits per heavy atom. The molecule has 3 rings (SSSR count). The predicted octanol–water partition coefficient (Wildman–Crippen LogP) is -1.35. The van der Waals surface area contributed by atoms with Gasteiger partial charge in [-0.15, -0.1) is 0 Å². The average Bonchev–Trinajstić information content (AvgIpc) is 3.23. The summed E-state index contributed by atoms with van der Waals surface area (Å²) in [6.07, 6.45) is -7.39. The van der Waals surface area contributed by atoms with E-state index in [1.807, 2.05) is 0 Å². The van der Waals surface area contributed by atoms with E-state index in [1.165, 1.54) is 30.4 Å². The molecular formula is C27H36N2O13. The molecule has 1 aromatic carbocycles. The van der Waals surface area contributed by atoms with Gasteiger partial charge in [0.1, 0.15) is 49.2 Å². The minimum absolute atomic E-state index is 0.0448. The van der Waals surface area contributed by atoms with Crippen molar-refractivity contribution in [2.24, 2.45) is 5.41 Å². The van der Waals surface area contributed by atoms with Gasteiger partial charge in [0, 0.05) is 24.3 Å². The quantitative estimate of drug-likeness (QED) is 0.121. The van der Waals surface area contributed by atoms with Gasteiger partial charge < -0.3 is 54.7 Å². The van der Waals surface area contributed by atoms with Crippen LogP contribution in [0.1, 0.15) is 32.8 Å². The summed E-state index contributed by atoms with van der Waals surface area (Å²) in [6, 6.07) is 4.33. The van der Waals surface area contributed by atoms with E-state index in [0.717, 1.165) is 4.90 Å². The van der Waals surface area contributed by atoms with Gasteiger partial charge >= 0.3 is 11.9 Å². The molecule has 1 fully saturated rings. The van der Waals surface area contributed by atoms with Gasteiger partial charge in [0.05, 0.1) is 12.0 Å². The topological polar surface area (TPSA) is 222 Å². The van der Waals surface area contributed by atoms with Crippen molar-refractivity contribution in [2.45, 2.75) is 70.7 Å². The predicted molar refractivity (Wildman–Crippen MR) is 141 cm³/mol. The molecule has 2 aliphatic heterocycles. The van der Waals surface area contributed by atoms with Crippen LogP contribution in [0.15, 0.2) is 30.4 Å². The number of aliphatic hydroxyl groups is 4. The number of benzene rings is 1. The third-order valence-corrected chi connectivity index (χ3v) is 6.30. The monoisotopic (exact) mass is 596 g/mol. The van der Waals surface area contributed by atoms with Gasteiger partial charge in [-0.1, -0.05) is 0 Å². The lowest BCUT2D eigenvalue weighted by Crippen LogP contribution is -2.61. The lowest BCUT2D eigenvalue weighted by Gasteiger charge is -2.38. The number of nitrogens with one attached hydrogen (secondary N) is 1. The molecule has 1 saturated heterocycles. The molecule has 2 amide bonds. The summed E-state index contributed by atoms with van der Waals surface area (Å²) in [5.41, 5.74) is -0.309. The van der Waals surface area contributed by atoms with Gasteiger partial charge in [0.15, 0.2) is 6.10 Å². The Morgan fingerprint density at radius 2 is 1.79 bits per heavy atom. The largest absolute Gasteiger partial charge is 0.493 e. The van der Waals surface area contributed by atoms with Crippen molar-refractivity contribution in [3.8, 4) is 11.5 Å². The number of carbonyl (C=O) groups excluding carboxylic acids is 3. The van der Waals surface area contributed by atoms with Crippen LogP contribution in [0.3, 0.4) is 0 Å². The summed E-state index contributed by atoms with van der Waals surface area (Å²) in [5.74, 6) is -2.72. The molecule has 2 heterocycles. The van der Waals surface area contributed by atoms with Crippen molar-refractivity contribution in [3.05, 3.63) is 35.9 Å². The number of rotatable bonds is 12. The zero-order chi connectivity index (χ0) is 31.2. The minimum atomic E-state index is -1.88. The molecule has 0 bridgehead atoms. The molecule has 0 aromatic heterocycles. The molecule has 0 spiro atoms. The van der Waals surface area contributed by atoms with Crippen LogP contribution < -0.4 is 14.8 Å². The normalized spacial score (nSPS) is 25.7. The van der Waals surface area contributed by atoms with E-state index in [4.69, 9.17) is 18.9 Å². The first-order valence-electron chi connectivity index (χ1n) is 13.1. The molecule has 15 nitrogen and oxygen atoms in total. The Labute approximate surface area is 241 Å². The van der Waals surface area contributed by atoms with Crippen LogP contribution in [0.2, 0.25) is 0 Å². The fourth-order valence-corrected chi connectivity index (χ4v) is 3.87. The van der Waals surface area contributed by atoms with Crippen molar-refractivity contribution in [1.29, 1.82) is 0 Å². The highest BCUT2D eigenvalue weighted by Gasteiger charge is 2.48. The first-order valence-corrected chi connectivity index (χ1v) is 13.1. The van der Waals surface area contributed by atoms with E-state index in [1.54, 1.807) is 20.8 Å². The second-order valence-corrected chi connectivity index (χ2v) is 10.7. The molecule has 0 radical (unpaired) electrons. The van der Waals surface area contributed by atoms with Crippen LogP contribution in [-0.2, 0) is 35.3 Å². The number of hydrogen-bond donors (Lipinski definition) is 6. The van der Waals surface area contributed by atoms with E-state index in [0.29, 0.717) is 12.0 Å². The van der Waals surface area contributed by atoms with Gasteiger partial charge in [-0.05, 0) is 45.4 Å². The van der Waals surface area contributed by atoms with E-state index in [9.17, 15) is 44.7 Å². The number of carboxylic acids is 1. The van der Waals surface area contributed by atoms with Crippen LogP contribution >= 0.6 is 0 Å². The number of aliphatic carboxylic acids is 1. The second kappa shape index (κ2) is 13.9. The zero-order valence-corrected chi connectivity index (χ0v) is 23.3. The Hall–Kier alpha value is -3.76. The number of aliphatic hydroxyl groups excluding tert-OH is 4. The summed E-state index contributed by atoms with van der Waals surface area (Å²) in [4.78, 5) is 48.4. The van der Waals surface area contributed by atoms with Crippen molar-refractivity contribution in [3.63, 3.8) is 0 Å². The van der Waals surface area contributed by atoms with Crippen LogP contribution in [0.25, 0.3) is 0 Å². The molecule has 15 heteroatoms. The summed E-state index contributed by atoms with van der Waals surface area (Å²) < 4.78 is 21.9. The number of ether oxygens (including phenoxy) is 4. The van der Waals surface area contributed by atoms with Crippen LogP contribution in [0.5, 0.6) is 11.5 Å². The maximum Gasteiger partial charge on any atom is 0.335 e. The fraction of sp³-hybridized carbons (Fsp3) is 0.556. The third-order valence-electron chi connectivity index (χ3n) is 6.30. The van der Waals surface area contributed by atoms with E-state index in [-0.39, 0.29) is 37.8 Å². The molecule has 232 valence electrons. The molecule has 6 N–H and O–H groups in total. The molecule has 6 atom stereocenters. The van der Waals surface area contributed by atoms with Crippen molar-refractivity contribution >= 4 is 23.8 Å². The molecule has 2 aliphatic rings.